The molecule has 17 heavy (non-hydrogen) atoms. The van der Waals surface area contributed by atoms with Gasteiger partial charge in [-0.3, -0.25) is 4.79 Å². The Balaban J connectivity index is 2.26. The summed E-state index contributed by atoms with van der Waals surface area (Å²) in [4.78, 5) is 14.4. The van der Waals surface area contributed by atoms with Crippen molar-refractivity contribution < 1.29 is 4.79 Å². The number of amides is 1. The number of aryl methyl sites for hydroxylation is 1. The van der Waals surface area contributed by atoms with E-state index in [1.54, 1.807) is 24.1 Å². The standard InChI is InChI=1S/C13H12ClNOS/c1-9-4-3-5-10(8-9)15(2)13(16)11-6-7-12(14)17-11/h3-8H,1-2H3. The van der Waals surface area contributed by atoms with Crippen molar-refractivity contribution >= 4 is 34.5 Å². The third-order valence-corrected chi connectivity index (χ3v) is 3.70. The average molecular weight is 266 g/mol. The summed E-state index contributed by atoms with van der Waals surface area (Å²) in [5.41, 5.74) is 2.02. The Labute approximate surface area is 109 Å². The van der Waals surface area contributed by atoms with E-state index in [-0.39, 0.29) is 5.91 Å². The summed E-state index contributed by atoms with van der Waals surface area (Å²) in [7, 11) is 1.77. The van der Waals surface area contributed by atoms with E-state index in [4.69, 9.17) is 11.6 Å². The highest BCUT2D eigenvalue weighted by molar-refractivity contribution is 7.18. The SMILES string of the molecule is Cc1cccc(N(C)C(=O)c2ccc(Cl)s2)c1. The lowest BCUT2D eigenvalue weighted by molar-refractivity contribution is 0.0997. The first kappa shape index (κ1) is 12.1. The maximum atomic E-state index is 12.1. The molecule has 4 heteroatoms. The molecule has 0 atom stereocenters. The predicted molar refractivity (Wildman–Crippen MR) is 73.2 cm³/mol. The fourth-order valence-corrected chi connectivity index (χ4v) is 2.57. The van der Waals surface area contributed by atoms with E-state index in [9.17, 15) is 4.79 Å². The van der Waals surface area contributed by atoms with Crippen LogP contribution in [0, 0.1) is 6.92 Å². The van der Waals surface area contributed by atoms with Crippen molar-refractivity contribution in [2.75, 3.05) is 11.9 Å². The molecule has 2 aromatic rings. The van der Waals surface area contributed by atoms with E-state index in [0.717, 1.165) is 11.3 Å². The second kappa shape index (κ2) is 4.90. The second-order valence-electron chi connectivity index (χ2n) is 3.81. The molecule has 0 N–H and O–H groups in total. The largest absolute Gasteiger partial charge is 0.311 e. The van der Waals surface area contributed by atoms with Crippen LogP contribution in [0.25, 0.3) is 0 Å². The minimum Gasteiger partial charge on any atom is -0.311 e. The number of thiophene rings is 1. The number of rotatable bonds is 2. The van der Waals surface area contributed by atoms with Crippen LogP contribution >= 0.6 is 22.9 Å². The van der Waals surface area contributed by atoms with Gasteiger partial charge in [0.2, 0.25) is 0 Å². The first-order valence-electron chi connectivity index (χ1n) is 5.18. The number of halogens is 1. The summed E-state index contributed by atoms with van der Waals surface area (Å²) in [6, 6.07) is 11.3. The number of hydrogen-bond acceptors (Lipinski definition) is 2. The third kappa shape index (κ3) is 2.68. The predicted octanol–water partition coefficient (Wildman–Crippen LogP) is 3.99. The van der Waals surface area contributed by atoms with Gasteiger partial charge in [0.1, 0.15) is 0 Å². The van der Waals surface area contributed by atoms with Crippen LogP contribution in [0.15, 0.2) is 36.4 Å². The van der Waals surface area contributed by atoms with E-state index in [2.05, 4.69) is 0 Å². The monoisotopic (exact) mass is 265 g/mol. The van der Waals surface area contributed by atoms with Gasteiger partial charge >= 0.3 is 0 Å². The molecule has 0 bridgehead atoms. The number of hydrogen-bond donors (Lipinski definition) is 0. The van der Waals surface area contributed by atoms with Crippen molar-refractivity contribution in [3.05, 3.63) is 51.2 Å². The Kier molecular flexibility index (Phi) is 3.50. The molecule has 0 aliphatic rings. The molecule has 0 spiro atoms. The molecule has 2 rings (SSSR count). The van der Waals surface area contributed by atoms with Gasteiger partial charge in [-0.2, -0.15) is 0 Å². The van der Waals surface area contributed by atoms with E-state index >= 15 is 0 Å². The van der Waals surface area contributed by atoms with Crippen LogP contribution in [0.2, 0.25) is 4.34 Å². The van der Waals surface area contributed by atoms with Crippen molar-refractivity contribution in [3.8, 4) is 0 Å². The fraction of sp³-hybridized carbons (Fsp3) is 0.154. The molecule has 0 unspecified atom stereocenters. The van der Waals surface area contributed by atoms with Gasteiger partial charge in [-0.15, -0.1) is 11.3 Å². The lowest BCUT2D eigenvalue weighted by Crippen LogP contribution is -2.25. The molecule has 0 radical (unpaired) electrons. The minimum absolute atomic E-state index is 0.0347. The van der Waals surface area contributed by atoms with Gasteiger partial charge < -0.3 is 4.90 Å². The number of benzene rings is 1. The van der Waals surface area contributed by atoms with E-state index in [1.165, 1.54) is 11.3 Å². The fourth-order valence-electron chi connectivity index (χ4n) is 1.55. The summed E-state index contributed by atoms with van der Waals surface area (Å²) < 4.78 is 0.631. The van der Waals surface area contributed by atoms with E-state index < -0.39 is 0 Å². The van der Waals surface area contributed by atoms with Gasteiger partial charge in [0.25, 0.3) is 5.91 Å². The molecule has 0 fully saturated rings. The van der Waals surface area contributed by atoms with E-state index in [0.29, 0.717) is 9.21 Å². The Morgan fingerprint density at radius 2 is 2.06 bits per heavy atom. The maximum Gasteiger partial charge on any atom is 0.268 e. The normalized spacial score (nSPS) is 10.3. The Morgan fingerprint density at radius 1 is 1.29 bits per heavy atom. The molecule has 1 amide bonds. The minimum atomic E-state index is -0.0347. The first-order valence-corrected chi connectivity index (χ1v) is 6.37. The van der Waals surface area contributed by atoms with Crippen molar-refractivity contribution in [1.82, 2.24) is 0 Å². The summed E-state index contributed by atoms with van der Waals surface area (Å²) in [6.07, 6.45) is 0. The van der Waals surface area contributed by atoms with Gasteiger partial charge in [0.15, 0.2) is 0 Å². The van der Waals surface area contributed by atoms with E-state index in [1.807, 2.05) is 31.2 Å². The number of anilines is 1. The van der Waals surface area contributed by atoms with Gasteiger partial charge in [-0.05, 0) is 36.8 Å². The molecule has 0 saturated heterocycles. The second-order valence-corrected chi connectivity index (χ2v) is 5.52. The van der Waals surface area contributed by atoms with Crippen LogP contribution in [-0.2, 0) is 0 Å². The van der Waals surface area contributed by atoms with Crippen LogP contribution < -0.4 is 4.90 Å². The molecular formula is C13H12ClNOS. The summed E-state index contributed by atoms with van der Waals surface area (Å²) in [5, 5.41) is 0. The van der Waals surface area contributed by atoms with Crippen molar-refractivity contribution in [3.63, 3.8) is 0 Å². The van der Waals surface area contributed by atoms with Gasteiger partial charge in [0.05, 0.1) is 9.21 Å². The highest BCUT2D eigenvalue weighted by Gasteiger charge is 2.15. The maximum absolute atomic E-state index is 12.1. The third-order valence-electron chi connectivity index (χ3n) is 2.48. The summed E-state index contributed by atoms with van der Waals surface area (Å²) >= 11 is 7.13. The molecule has 1 aromatic carbocycles. The Morgan fingerprint density at radius 3 is 2.65 bits per heavy atom. The van der Waals surface area contributed by atoms with Crippen molar-refractivity contribution in [2.24, 2.45) is 0 Å². The van der Waals surface area contributed by atoms with Crippen LogP contribution in [0.4, 0.5) is 5.69 Å². The zero-order chi connectivity index (χ0) is 12.4. The molecule has 88 valence electrons. The topological polar surface area (TPSA) is 20.3 Å². The van der Waals surface area contributed by atoms with Crippen molar-refractivity contribution in [2.45, 2.75) is 6.92 Å². The smallest absolute Gasteiger partial charge is 0.268 e. The van der Waals surface area contributed by atoms with Gasteiger partial charge in [-0.25, -0.2) is 0 Å². The zero-order valence-corrected chi connectivity index (χ0v) is 11.2. The summed E-state index contributed by atoms with van der Waals surface area (Å²) in [6.45, 7) is 2.00. The number of carbonyl (C=O) groups is 1. The van der Waals surface area contributed by atoms with Gasteiger partial charge in [-0.1, -0.05) is 23.7 Å². The zero-order valence-electron chi connectivity index (χ0n) is 9.61. The Bertz CT molecular complexity index is 550. The quantitative estimate of drug-likeness (QED) is 0.804. The average Bonchev–Trinajstić information content (AvgIpc) is 2.74. The summed E-state index contributed by atoms with van der Waals surface area (Å²) in [5.74, 6) is -0.0347. The highest BCUT2D eigenvalue weighted by Crippen LogP contribution is 2.24. The van der Waals surface area contributed by atoms with Gasteiger partial charge in [0, 0.05) is 12.7 Å². The molecule has 0 aliphatic heterocycles. The lowest BCUT2D eigenvalue weighted by Gasteiger charge is -2.16. The van der Waals surface area contributed by atoms with Crippen LogP contribution in [0.1, 0.15) is 15.2 Å². The number of carbonyl (C=O) groups excluding carboxylic acids is 1. The molecule has 0 saturated carbocycles. The molecule has 1 heterocycles. The van der Waals surface area contributed by atoms with Crippen LogP contribution in [0.3, 0.4) is 0 Å². The lowest BCUT2D eigenvalue weighted by atomic mass is 10.2. The number of nitrogens with zero attached hydrogens (tertiary/aromatic N) is 1. The highest BCUT2D eigenvalue weighted by atomic mass is 35.5. The molecule has 2 nitrogen and oxygen atoms in total. The molecule has 1 aromatic heterocycles. The van der Waals surface area contributed by atoms with Crippen molar-refractivity contribution in [1.29, 1.82) is 0 Å². The van der Waals surface area contributed by atoms with Crippen LogP contribution in [0.5, 0.6) is 0 Å². The first-order chi connectivity index (χ1) is 8.08. The molecule has 0 aliphatic carbocycles. The van der Waals surface area contributed by atoms with Crippen LogP contribution in [-0.4, -0.2) is 13.0 Å². The molecular weight excluding hydrogens is 254 g/mol. The Hall–Kier alpha value is -1.32.